The van der Waals surface area contributed by atoms with E-state index in [1.807, 2.05) is 19.9 Å². The van der Waals surface area contributed by atoms with Crippen molar-refractivity contribution in [3.63, 3.8) is 0 Å². The van der Waals surface area contributed by atoms with Gasteiger partial charge < -0.3 is 19.6 Å². The van der Waals surface area contributed by atoms with E-state index in [2.05, 4.69) is 19.6 Å². The van der Waals surface area contributed by atoms with Crippen LogP contribution in [0.4, 0.5) is 23.5 Å². The van der Waals surface area contributed by atoms with Gasteiger partial charge in [-0.1, -0.05) is 6.07 Å². The van der Waals surface area contributed by atoms with Crippen molar-refractivity contribution in [2.75, 3.05) is 31.1 Å². The van der Waals surface area contributed by atoms with Gasteiger partial charge in [0.05, 0.1) is 0 Å². The number of halogens is 4. The Morgan fingerprint density at radius 2 is 1.72 bits per heavy atom. The molecule has 2 aromatic rings. The van der Waals surface area contributed by atoms with Gasteiger partial charge >= 0.3 is 12.5 Å². The maximum absolute atomic E-state index is 13.4. The van der Waals surface area contributed by atoms with Gasteiger partial charge in [0.25, 0.3) is 5.91 Å². The Kier molecular flexibility index (Phi) is 5.59. The number of aromatic nitrogens is 2. The number of nitrogens with zero attached hydrogens (tertiary/aromatic N) is 4. The minimum absolute atomic E-state index is 0.0982. The second-order valence-corrected chi connectivity index (χ2v) is 8.20. The monoisotopic (exact) mass is 454 g/mol. The van der Waals surface area contributed by atoms with Gasteiger partial charge in [0, 0.05) is 49.4 Å². The maximum Gasteiger partial charge on any atom is 0.461 e. The Balaban J connectivity index is 1.49. The number of alkyl halides is 4. The fourth-order valence-electron chi connectivity index (χ4n) is 4.34. The molecule has 4 rings (SSSR count). The second-order valence-electron chi connectivity index (χ2n) is 8.20. The molecule has 32 heavy (non-hydrogen) atoms. The third-order valence-electron chi connectivity index (χ3n) is 5.74. The summed E-state index contributed by atoms with van der Waals surface area (Å²) in [5.74, 6) is -1.32. The Morgan fingerprint density at radius 3 is 2.28 bits per heavy atom. The standard InChI is InChI=1S/C21H22F4N4O3/c1-11-6-12(2)27-20(26-11)29-9-13-7-28(8-14(13)10-29)18(31)17-15(30)4-3-5-16(17)32-21(24,25)19(22)23/h3-6,13-14,19,30H,7-10H2,1-2H3/t13-,14+. The van der Waals surface area contributed by atoms with Crippen LogP contribution in [0.1, 0.15) is 21.7 Å². The number of amides is 1. The molecule has 0 aliphatic carbocycles. The zero-order valence-corrected chi connectivity index (χ0v) is 17.4. The SMILES string of the molecule is Cc1cc(C)nc(N2C[C@H]3CN(C(=O)c4c(O)cccc4OC(F)(F)C(F)F)C[C@H]3C2)n1. The third-order valence-corrected chi connectivity index (χ3v) is 5.74. The van der Waals surface area contributed by atoms with Crippen LogP contribution in [0.5, 0.6) is 11.5 Å². The molecule has 2 saturated heterocycles. The predicted molar refractivity (Wildman–Crippen MR) is 106 cm³/mol. The molecule has 0 radical (unpaired) electrons. The van der Waals surface area contributed by atoms with E-state index in [-0.39, 0.29) is 11.8 Å². The molecular weight excluding hydrogens is 432 g/mol. The van der Waals surface area contributed by atoms with Gasteiger partial charge in [-0.3, -0.25) is 4.79 Å². The molecule has 0 spiro atoms. The topological polar surface area (TPSA) is 78.8 Å². The molecule has 172 valence electrons. The van der Waals surface area contributed by atoms with E-state index in [1.54, 1.807) is 0 Å². The number of ether oxygens (including phenoxy) is 1. The number of aromatic hydroxyl groups is 1. The molecule has 7 nitrogen and oxygen atoms in total. The number of phenolic OH excluding ortho intramolecular Hbond substituents is 1. The first-order chi connectivity index (χ1) is 15.0. The van der Waals surface area contributed by atoms with Gasteiger partial charge in [0.1, 0.15) is 17.1 Å². The number of hydrogen-bond acceptors (Lipinski definition) is 6. The molecule has 11 heteroatoms. The van der Waals surface area contributed by atoms with E-state index in [4.69, 9.17) is 0 Å². The van der Waals surface area contributed by atoms with Gasteiger partial charge in [-0.15, -0.1) is 0 Å². The quantitative estimate of drug-likeness (QED) is 0.699. The molecule has 1 aromatic carbocycles. The van der Waals surface area contributed by atoms with Crippen LogP contribution >= 0.6 is 0 Å². The van der Waals surface area contributed by atoms with Crippen molar-refractivity contribution >= 4 is 11.9 Å². The van der Waals surface area contributed by atoms with Crippen LogP contribution in [0.25, 0.3) is 0 Å². The number of fused-ring (bicyclic) bond motifs is 1. The van der Waals surface area contributed by atoms with Crippen molar-refractivity contribution in [1.29, 1.82) is 0 Å². The number of carbonyl (C=O) groups excluding carboxylic acids is 1. The molecule has 2 atom stereocenters. The lowest BCUT2D eigenvalue weighted by atomic mass is 10.0. The van der Waals surface area contributed by atoms with Gasteiger partial charge in [0.15, 0.2) is 0 Å². The summed E-state index contributed by atoms with van der Waals surface area (Å²) in [5, 5.41) is 10.1. The molecule has 2 aliphatic heterocycles. The highest BCUT2D eigenvalue weighted by Crippen LogP contribution is 2.38. The fourth-order valence-corrected chi connectivity index (χ4v) is 4.34. The Bertz CT molecular complexity index is 1000. The van der Waals surface area contributed by atoms with Crippen molar-refractivity contribution in [3.8, 4) is 11.5 Å². The molecule has 3 heterocycles. The number of hydrogen-bond donors (Lipinski definition) is 1. The predicted octanol–water partition coefficient (Wildman–Crippen LogP) is 3.24. The first kappa shape index (κ1) is 22.1. The van der Waals surface area contributed by atoms with Crippen LogP contribution in [0, 0.1) is 25.7 Å². The number of rotatable bonds is 5. The van der Waals surface area contributed by atoms with E-state index in [0.717, 1.165) is 29.6 Å². The molecule has 1 N–H and O–H groups in total. The van der Waals surface area contributed by atoms with Gasteiger partial charge in [-0.2, -0.15) is 17.6 Å². The Morgan fingerprint density at radius 1 is 1.12 bits per heavy atom. The molecule has 2 fully saturated rings. The highest BCUT2D eigenvalue weighted by Gasteiger charge is 2.46. The van der Waals surface area contributed by atoms with E-state index in [9.17, 15) is 27.5 Å². The Labute approximate surface area is 181 Å². The van der Waals surface area contributed by atoms with E-state index >= 15 is 0 Å². The normalized spacial score (nSPS) is 20.7. The van der Waals surface area contributed by atoms with E-state index < -0.39 is 35.5 Å². The van der Waals surface area contributed by atoms with Crippen molar-refractivity contribution in [2.45, 2.75) is 26.4 Å². The summed E-state index contributed by atoms with van der Waals surface area (Å²) in [6, 6.07) is 5.10. The van der Waals surface area contributed by atoms with E-state index in [1.165, 1.54) is 4.90 Å². The van der Waals surface area contributed by atoms with Crippen molar-refractivity contribution in [2.24, 2.45) is 11.8 Å². The number of aryl methyl sites for hydroxylation is 2. The average molecular weight is 454 g/mol. The van der Waals surface area contributed by atoms with Gasteiger partial charge in [-0.25, -0.2) is 9.97 Å². The number of benzene rings is 1. The van der Waals surface area contributed by atoms with Crippen LogP contribution in [-0.2, 0) is 0 Å². The Hall–Kier alpha value is -3.11. The first-order valence-electron chi connectivity index (χ1n) is 10.1. The zero-order valence-electron chi connectivity index (χ0n) is 17.4. The summed E-state index contributed by atoms with van der Waals surface area (Å²) in [7, 11) is 0. The molecule has 0 unspecified atom stereocenters. The minimum atomic E-state index is -4.79. The van der Waals surface area contributed by atoms with E-state index in [0.29, 0.717) is 32.1 Å². The zero-order chi connectivity index (χ0) is 23.2. The highest BCUT2D eigenvalue weighted by atomic mass is 19.3. The van der Waals surface area contributed by atoms with Crippen molar-refractivity contribution < 1.29 is 32.2 Å². The maximum atomic E-state index is 13.4. The molecule has 0 saturated carbocycles. The lowest BCUT2D eigenvalue weighted by Gasteiger charge is -2.24. The molecule has 1 amide bonds. The van der Waals surface area contributed by atoms with Crippen LogP contribution < -0.4 is 9.64 Å². The lowest BCUT2D eigenvalue weighted by molar-refractivity contribution is -0.253. The summed E-state index contributed by atoms with van der Waals surface area (Å²) in [5.41, 5.74) is 1.16. The molecule has 1 aromatic heterocycles. The van der Waals surface area contributed by atoms with Crippen molar-refractivity contribution in [3.05, 3.63) is 41.2 Å². The van der Waals surface area contributed by atoms with Gasteiger partial charge in [0.2, 0.25) is 5.95 Å². The summed E-state index contributed by atoms with van der Waals surface area (Å²) >= 11 is 0. The molecule has 0 bridgehead atoms. The second kappa shape index (κ2) is 8.10. The van der Waals surface area contributed by atoms with Gasteiger partial charge in [-0.05, 0) is 32.0 Å². The molecular formula is C21H22F4N4O3. The smallest absolute Gasteiger partial charge is 0.461 e. The average Bonchev–Trinajstić information content (AvgIpc) is 3.26. The number of anilines is 1. The molecule has 2 aliphatic rings. The van der Waals surface area contributed by atoms with Crippen LogP contribution in [0.15, 0.2) is 24.3 Å². The van der Waals surface area contributed by atoms with Crippen LogP contribution in [-0.4, -0.2) is 64.6 Å². The lowest BCUT2D eigenvalue weighted by Crippen LogP contribution is -2.36. The summed E-state index contributed by atoms with van der Waals surface area (Å²) in [6.07, 6.45) is -8.88. The van der Waals surface area contributed by atoms with Crippen molar-refractivity contribution in [1.82, 2.24) is 14.9 Å². The minimum Gasteiger partial charge on any atom is -0.507 e. The van der Waals surface area contributed by atoms with Crippen LogP contribution in [0.3, 0.4) is 0 Å². The third kappa shape index (κ3) is 4.15. The number of phenols is 1. The first-order valence-corrected chi connectivity index (χ1v) is 10.1. The number of likely N-dealkylation sites (tertiary alicyclic amines) is 1. The fraction of sp³-hybridized carbons (Fsp3) is 0.476. The summed E-state index contributed by atoms with van der Waals surface area (Å²) in [6.45, 7) is 5.65. The largest absolute Gasteiger partial charge is 0.507 e. The van der Waals surface area contributed by atoms with Crippen LogP contribution in [0.2, 0.25) is 0 Å². The summed E-state index contributed by atoms with van der Waals surface area (Å²) in [4.78, 5) is 25.4. The summed E-state index contributed by atoms with van der Waals surface area (Å²) < 4.78 is 56.1. The highest BCUT2D eigenvalue weighted by molar-refractivity contribution is 5.99. The number of carbonyl (C=O) groups is 1.